The van der Waals surface area contributed by atoms with Crippen LogP contribution >= 0.6 is 11.6 Å². The number of nitrogens with zero attached hydrogens (tertiary/aromatic N) is 2. The maximum absolute atomic E-state index is 12.7. The van der Waals surface area contributed by atoms with E-state index in [4.69, 9.17) is 22.2 Å². The van der Waals surface area contributed by atoms with E-state index < -0.39 is 11.7 Å². The van der Waals surface area contributed by atoms with Gasteiger partial charge in [-0.15, -0.1) is 0 Å². The van der Waals surface area contributed by atoms with Crippen LogP contribution in [0.4, 0.5) is 10.5 Å². The molecule has 3 rings (SSSR count). The van der Waals surface area contributed by atoms with Gasteiger partial charge in [0.2, 0.25) is 0 Å². The van der Waals surface area contributed by atoms with E-state index in [2.05, 4.69) is 36.6 Å². The Labute approximate surface area is 183 Å². The van der Waals surface area contributed by atoms with E-state index >= 15 is 0 Å². The summed E-state index contributed by atoms with van der Waals surface area (Å²) in [5.74, 6) is 6.24. The molecule has 0 saturated heterocycles. The second kappa shape index (κ2) is 8.32. The highest BCUT2D eigenvalue weighted by Crippen LogP contribution is 2.40. The number of carbonyl (C=O) groups excluding carboxylic acids is 1. The summed E-state index contributed by atoms with van der Waals surface area (Å²) in [6, 6.07) is 15.9. The summed E-state index contributed by atoms with van der Waals surface area (Å²) in [7, 11) is 0. The molecule has 3 aromatic rings. The molecule has 1 aromatic heterocycles. The lowest BCUT2D eigenvalue weighted by atomic mass is 9.84. The Morgan fingerprint density at radius 3 is 2.23 bits per heavy atom. The van der Waals surface area contributed by atoms with Gasteiger partial charge in [0.25, 0.3) is 0 Å². The lowest BCUT2D eigenvalue weighted by Crippen LogP contribution is -2.41. The molecule has 0 aliphatic carbocycles. The minimum absolute atomic E-state index is 0.308. The van der Waals surface area contributed by atoms with E-state index in [0.717, 1.165) is 34.3 Å². The molecular weight excluding hydrogens is 398 g/mol. The zero-order valence-corrected chi connectivity index (χ0v) is 19.0. The molecule has 5 nitrogen and oxygen atoms in total. The second-order valence-corrected chi connectivity index (χ2v) is 8.93. The molecule has 1 heterocycles. The van der Waals surface area contributed by atoms with Crippen LogP contribution in [0.1, 0.15) is 53.0 Å². The molecule has 160 valence electrons. The molecule has 0 spiro atoms. The predicted molar refractivity (Wildman–Crippen MR) is 124 cm³/mol. The number of benzene rings is 2. The molecular formula is C24H30ClN3O2. The summed E-state index contributed by atoms with van der Waals surface area (Å²) in [5.41, 5.74) is 1.83. The van der Waals surface area contributed by atoms with Crippen LogP contribution in [0.15, 0.2) is 54.7 Å². The largest absolute Gasteiger partial charge is 0.442 e. The number of aromatic nitrogens is 1. The number of anilines is 1. The van der Waals surface area contributed by atoms with Gasteiger partial charge in [-0.1, -0.05) is 55.8 Å². The van der Waals surface area contributed by atoms with Crippen molar-refractivity contribution in [1.29, 1.82) is 0 Å². The number of hydrazine groups is 1. The average molecular weight is 428 g/mol. The summed E-state index contributed by atoms with van der Waals surface area (Å²) in [6.07, 6.45) is 3.09. The van der Waals surface area contributed by atoms with Crippen molar-refractivity contribution in [3.05, 3.63) is 65.3 Å². The maximum atomic E-state index is 12.7. The maximum Gasteiger partial charge on any atom is 0.429 e. The van der Waals surface area contributed by atoms with E-state index in [1.54, 1.807) is 0 Å². The number of fused-ring (bicyclic) bond motifs is 1. The molecule has 6 heteroatoms. The summed E-state index contributed by atoms with van der Waals surface area (Å²) in [5, 5.41) is 2.70. The molecule has 30 heavy (non-hydrogen) atoms. The van der Waals surface area contributed by atoms with Gasteiger partial charge in [0.1, 0.15) is 5.60 Å². The van der Waals surface area contributed by atoms with E-state index in [0.29, 0.717) is 10.7 Å². The van der Waals surface area contributed by atoms with Gasteiger partial charge in [-0.05, 0) is 57.4 Å². The molecule has 0 unspecified atom stereocenters. The van der Waals surface area contributed by atoms with Crippen LogP contribution in [0, 0.1) is 0 Å². The van der Waals surface area contributed by atoms with Crippen LogP contribution in [-0.4, -0.2) is 16.3 Å². The van der Waals surface area contributed by atoms with Crippen LogP contribution in [-0.2, 0) is 10.3 Å². The molecule has 0 atom stereocenters. The summed E-state index contributed by atoms with van der Waals surface area (Å²) in [6.45, 7) is 9.80. The van der Waals surface area contributed by atoms with Crippen molar-refractivity contribution in [2.24, 2.45) is 5.84 Å². The van der Waals surface area contributed by atoms with Gasteiger partial charge < -0.3 is 9.30 Å². The third kappa shape index (κ3) is 4.05. The van der Waals surface area contributed by atoms with Crippen LogP contribution in [0.2, 0.25) is 5.02 Å². The van der Waals surface area contributed by atoms with Gasteiger partial charge in [0, 0.05) is 16.6 Å². The highest BCUT2D eigenvalue weighted by Gasteiger charge is 2.33. The summed E-state index contributed by atoms with van der Waals surface area (Å²) >= 11 is 6.14. The molecule has 0 bridgehead atoms. The molecule has 2 aromatic carbocycles. The molecule has 0 saturated carbocycles. The Morgan fingerprint density at radius 1 is 1.07 bits per heavy atom. The topological polar surface area (TPSA) is 60.5 Å². The van der Waals surface area contributed by atoms with Gasteiger partial charge in [-0.3, -0.25) is 0 Å². The molecule has 1 amide bonds. The molecule has 0 aliphatic rings. The Hall–Kier alpha value is -2.50. The summed E-state index contributed by atoms with van der Waals surface area (Å²) < 4.78 is 7.71. The first kappa shape index (κ1) is 22.2. The Morgan fingerprint density at radius 2 is 1.67 bits per heavy atom. The number of nitrogens with two attached hydrogens (primary N) is 1. The second-order valence-electron chi connectivity index (χ2n) is 8.50. The lowest BCUT2D eigenvalue weighted by Gasteiger charge is -2.35. The van der Waals surface area contributed by atoms with Crippen LogP contribution in [0.5, 0.6) is 0 Å². The first-order valence-electron chi connectivity index (χ1n) is 10.3. The molecule has 0 fully saturated rings. The van der Waals surface area contributed by atoms with E-state index in [1.807, 2.05) is 57.3 Å². The third-order valence-electron chi connectivity index (χ3n) is 5.55. The van der Waals surface area contributed by atoms with Gasteiger partial charge >= 0.3 is 6.09 Å². The van der Waals surface area contributed by atoms with Gasteiger partial charge in [-0.2, -0.15) is 0 Å². The minimum atomic E-state index is -0.632. The number of halogens is 1. The van der Waals surface area contributed by atoms with Crippen molar-refractivity contribution >= 4 is 34.3 Å². The van der Waals surface area contributed by atoms with E-state index in [9.17, 15) is 4.79 Å². The van der Waals surface area contributed by atoms with Gasteiger partial charge in [0.05, 0.1) is 16.7 Å². The van der Waals surface area contributed by atoms with Crippen LogP contribution in [0.25, 0.3) is 10.9 Å². The smallest absolute Gasteiger partial charge is 0.429 e. The van der Waals surface area contributed by atoms with Crippen molar-refractivity contribution in [3.63, 3.8) is 0 Å². The van der Waals surface area contributed by atoms with Crippen molar-refractivity contribution in [2.45, 2.75) is 58.6 Å². The Bertz CT molecular complexity index is 1030. The fourth-order valence-electron chi connectivity index (χ4n) is 4.02. The Kier molecular flexibility index (Phi) is 6.16. The normalized spacial score (nSPS) is 12.2. The number of hydrogen-bond acceptors (Lipinski definition) is 3. The van der Waals surface area contributed by atoms with Crippen molar-refractivity contribution in [3.8, 4) is 0 Å². The number of carbonyl (C=O) groups is 1. The first-order chi connectivity index (χ1) is 14.1. The zero-order chi connectivity index (χ0) is 22.1. The van der Waals surface area contributed by atoms with Crippen LogP contribution in [0.3, 0.4) is 0 Å². The van der Waals surface area contributed by atoms with Crippen molar-refractivity contribution in [2.75, 3.05) is 5.01 Å². The minimum Gasteiger partial charge on any atom is -0.442 e. The molecule has 0 radical (unpaired) electrons. The van der Waals surface area contributed by atoms with Crippen molar-refractivity contribution < 1.29 is 9.53 Å². The molecule has 0 aliphatic heterocycles. The highest BCUT2D eigenvalue weighted by molar-refractivity contribution is 6.30. The monoisotopic (exact) mass is 427 g/mol. The number of hydrogen-bond donors (Lipinski definition) is 1. The Balaban J connectivity index is 2.19. The summed E-state index contributed by atoms with van der Waals surface area (Å²) in [4.78, 5) is 12.7. The van der Waals surface area contributed by atoms with Crippen molar-refractivity contribution in [1.82, 2.24) is 4.57 Å². The van der Waals surface area contributed by atoms with Gasteiger partial charge in [-0.25, -0.2) is 15.6 Å². The SMILES string of the molecule is CCC(CC)(c1ccc(Cl)cc1)n1cc(N(N)C(=O)OC(C)(C)C)c2ccccc21. The molecule has 2 N–H and O–H groups in total. The average Bonchev–Trinajstić information content (AvgIpc) is 3.09. The van der Waals surface area contributed by atoms with E-state index in [1.165, 1.54) is 0 Å². The number of ether oxygens (including phenoxy) is 1. The first-order valence-corrected chi connectivity index (χ1v) is 10.6. The fraction of sp³-hybridized carbons (Fsp3) is 0.375. The zero-order valence-electron chi connectivity index (χ0n) is 18.3. The fourth-order valence-corrected chi connectivity index (χ4v) is 4.14. The number of para-hydroxylation sites is 1. The standard InChI is InChI=1S/C24H30ClN3O2/c1-6-24(7-2,17-12-14-18(25)15-13-17)27-16-21(19-10-8-9-11-20(19)27)28(26)22(29)30-23(3,4)5/h8-16H,6-7,26H2,1-5H3. The highest BCUT2D eigenvalue weighted by atomic mass is 35.5. The van der Waals surface area contributed by atoms with E-state index in [-0.39, 0.29) is 5.54 Å². The quantitative estimate of drug-likeness (QED) is 0.288. The lowest BCUT2D eigenvalue weighted by molar-refractivity contribution is 0.0580. The number of rotatable bonds is 5. The van der Waals surface area contributed by atoms with Crippen LogP contribution < -0.4 is 10.9 Å². The predicted octanol–water partition coefficient (Wildman–Crippen LogP) is 6.47. The third-order valence-corrected chi connectivity index (χ3v) is 5.81. The number of amides is 1. The van der Waals surface area contributed by atoms with Gasteiger partial charge in [0.15, 0.2) is 0 Å².